The highest BCUT2D eigenvalue weighted by molar-refractivity contribution is 5.45. The lowest BCUT2D eigenvalue weighted by Gasteiger charge is -2.73. The van der Waals surface area contributed by atoms with Crippen molar-refractivity contribution < 1.29 is 0 Å². The van der Waals surface area contributed by atoms with E-state index in [0.29, 0.717) is 5.41 Å². The molecule has 0 heteroatoms. The summed E-state index contributed by atoms with van der Waals surface area (Å²) in [7, 11) is 0. The largest absolute Gasteiger partial charge is 0.0651 e. The van der Waals surface area contributed by atoms with Gasteiger partial charge in [-0.25, -0.2) is 0 Å². The molecule has 0 unspecified atom stereocenters. The van der Waals surface area contributed by atoms with E-state index in [4.69, 9.17) is 0 Å². The summed E-state index contributed by atoms with van der Waals surface area (Å²) in [4.78, 5) is 0. The molecule has 7 rings (SSSR count). The summed E-state index contributed by atoms with van der Waals surface area (Å²) in [6, 6.07) is 35.0. The Morgan fingerprint density at radius 3 is 1.06 bits per heavy atom. The van der Waals surface area contributed by atoms with E-state index in [2.05, 4.69) is 105 Å². The van der Waals surface area contributed by atoms with Gasteiger partial charge in [-0.2, -0.15) is 0 Å². The molecule has 0 spiro atoms. The van der Waals surface area contributed by atoms with Crippen LogP contribution < -0.4 is 0 Å². The summed E-state index contributed by atoms with van der Waals surface area (Å²) in [6.07, 6.45) is 10.7. The summed E-state index contributed by atoms with van der Waals surface area (Å²) in [6.45, 7) is 4.90. The Balaban J connectivity index is 1.63. The van der Waals surface area contributed by atoms with E-state index in [9.17, 15) is 0 Å². The molecule has 4 saturated carbocycles. The van der Waals surface area contributed by atoms with Crippen molar-refractivity contribution in [1.29, 1.82) is 0 Å². The molecule has 4 bridgehead atoms. The predicted octanol–water partition coefficient (Wildman–Crippen LogP) is 8.60. The first-order valence-corrected chi connectivity index (χ1v) is 13.2. The number of rotatable bonds is 6. The van der Waals surface area contributed by atoms with Crippen LogP contribution in [0.15, 0.2) is 91.0 Å². The molecule has 3 aromatic carbocycles. The van der Waals surface area contributed by atoms with Gasteiger partial charge in [0.15, 0.2) is 0 Å². The van der Waals surface area contributed by atoms with Crippen LogP contribution in [-0.4, -0.2) is 0 Å². The van der Waals surface area contributed by atoms with Crippen molar-refractivity contribution in [3.8, 4) is 0 Å². The minimum absolute atomic E-state index is 0.268. The third-order valence-corrected chi connectivity index (χ3v) is 10.1. The molecule has 0 radical (unpaired) electrons. The fraction of sp³-hybridized carbons (Fsp3) is 0.455. The second-order valence-electron chi connectivity index (χ2n) is 11.9. The first kappa shape index (κ1) is 21.2. The molecule has 4 fully saturated rings. The third-order valence-electron chi connectivity index (χ3n) is 10.1. The Bertz CT molecular complexity index is 950. The first-order chi connectivity index (χ1) is 16.1. The lowest BCUT2D eigenvalue weighted by atomic mass is 9.31. The maximum atomic E-state index is 2.45. The van der Waals surface area contributed by atoms with E-state index in [0.717, 1.165) is 5.92 Å². The predicted molar refractivity (Wildman–Crippen MR) is 139 cm³/mol. The van der Waals surface area contributed by atoms with Crippen LogP contribution in [-0.2, 0) is 16.2 Å². The van der Waals surface area contributed by atoms with Gasteiger partial charge in [0.1, 0.15) is 0 Å². The van der Waals surface area contributed by atoms with Crippen molar-refractivity contribution in [2.45, 2.75) is 81.5 Å². The first-order valence-electron chi connectivity index (χ1n) is 13.2. The molecule has 0 saturated heterocycles. The maximum absolute atomic E-state index is 2.45. The molecule has 0 nitrogen and oxygen atoms in total. The standard InChI is InChI=1S/C33H38/c1-3-26(4-2)30-20-31(27-14-8-5-9-15-27)23-32(21-30,28-16-10-6-11-17-28)25-33(22-30,24-31)29-18-12-7-13-19-29/h5-19,26H,3-4,20-25H2,1-2H3. The summed E-state index contributed by atoms with van der Waals surface area (Å²) >= 11 is 0. The molecule has 170 valence electrons. The van der Waals surface area contributed by atoms with Crippen molar-refractivity contribution in [3.05, 3.63) is 108 Å². The fourth-order valence-corrected chi connectivity index (χ4v) is 9.60. The highest BCUT2D eigenvalue weighted by atomic mass is 14.7. The van der Waals surface area contributed by atoms with Gasteiger partial charge in [0.25, 0.3) is 0 Å². The van der Waals surface area contributed by atoms with Gasteiger partial charge >= 0.3 is 0 Å². The van der Waals surface area contributed by atoms with Crippen LogP contribution in [0.5, 0.6) is 0 Å². The van der Waals surface area contributed by atoms with Gasteiger partial charge in [-0.15, -0.1) is 0 Å². The highest BCUT2D eigenvalue weighted by Gasteiger charge is 2.69. The van der Waals surface area contributed by atoms with Crippen molar-refractivity contribution in [2.75, 3.05) is 0 Å². The van der Waals surface area contributed by atoms with Crippen molar-refractivity contribution in [2.24, 2.45) is 11.3 Å². The summed E-state index contributed by atoms with van der Waals surface area (Å²) in [5.41, 5.74) is 6.01. The number of benzene rings is 3. The Labute approximate surface area is 200 Å². The van der Waals surface area contributed by atoms with E-state index in [1.807, 2.05) is 0 Å². The second-order valence-corrected chi connectivity index (χ2v) is 11.9. The molecule has 0 amide bonds. The highest BCUT2D eigenvalue weighted by Crippen LogP contribution is 2.76. The second kappa shape index (κ2) is 7.59. The fourth-order valence-electron chi connectivity index (χ4n) is 9.60. The molecule has 0 aromatic heterocycles. The van der Waals surface area contributed by atoms with E-state index < -0.39 is 0 Å². The average molecular weight is 435 g/mol. The van der Waals surface area contributed by atoms with Gasteiger partial charge in [-0.1, -0.05) is 118 Å². The van der Waals surface area contributed by atoms with Crippen LogP contribution in [0.1, 0.15) is 81.9 Å². The SMILES string of the molecule is CCC(CC)C12CC3(c4ccccc4)CC(c4ccccc4)(CC(c4ccccc4)(C3)C1)C2. The number of hydrogen-bond acceptors (Lipinski definition) is 0. The van der Waals surface area contributed by atoms with Gasteiger partial charge in [-0.05, 0) is 82.8 Å². The van der Waals surface area contributed by atoms with Gasteiger partial charge in [0.05, 0.1) is 0 Å². The summed E-state index contributed by atoms with van der Waals surface area (Å²) in [5.74, 6) is 0.799. The molecule has 0 atom stereocenters. The molecule has 0 aliphatic heterocycles. The van der Waals surface area contributed by atoms with Crippen molar-refractivity contribution >= 4 is 0 Å². The zero-order valence-corrected chi connectivity index (χ0v) is 20.4. The van der Waals surface area contributed by atoms with Crippen molar-refractivity contribution in [1.82, 2.24) is 0 Å². The summed E-state index contributed by atoms with van der Waals surface area (Å²) < 4.78 is 0. The zero-order valence-electron chi connectivity index (χ0n) is 20.4. The van der Waals surface area contributed by atoms with E-state index in [-0.39, 0.29) is 16.2 Å². The normalized spacial score (nSPS) is 34.6. The Morgan fingerprint density at radius 2 is 0.788 bits per heavy atom. The van der Waals surface area contributed by atoms with Gasteiger partial charge in [0.2, 0.25) is 0 Å². The third kappa shape index (κ3) is 3.09. The smallest absolute Gasteiger partial charge is 0.00246 e. The lowest BCUT2D eigenvalue weighted by molar-refractivity contribution is -0.136. The van der Waals surface area contributed by atoms with Crippen LogP contribution in [0.4, 0.5) is 0 Å². The van der Waals surface area contributed by atoms with Crippen LogP contribution in [0, 0.1) is 11.3 Å². The molecule has 33 heavy (non-hydrogen) atoms. The van der Waals surface area contributed by atoms with Crippen LogP contribution in [0.2, 0.25) is 0 Å². The van der Waals surface area contributed by atoms with Crippen LogP contribution in [0.3, 0.4) is 0 Å². The molecule has 4 aliphatic rings. The quantitative estimate of drug-likeness (QED) is 0.364. The number of hydrogen-bond donors (Lipinski definition) is 0. The van der Waals surface area contributed by atoms with Gasteiger partial charge in [-0.3, -0.25) is 0 Å². The maximum Gasteiger partial charge on any atom is -0.00246 e. The topological polar surface area (TPSA) is 0 Å². The van der Waals surface area contributed by atoms with Crippen molar-refractivity contribution in [3.63, 3.8) is 0 Å². The minimum atomic E-state index is 0.268. The van der Waals surface area contributed by atoms with E-state index in [1.54, 1.807) is 16.7 Å². The molecule has 4 aliphatic carbocycles. The van der Waals surface area contributed by atoms with Gasteiger partial charge in [0, 0.05) is 0 Å². The molecular formula is C33H38. The average Bonchev–Trinajstić information content (AvgIpc) is 2.86. The van der Waals surface area contributed by atoms with Crippen LogP contribution in [0.25, 0.3) is 0 Å². The van der Waals surface area contributed by atoms with E-state index in [1.165, 1.54) is 51.4 Å². The van der Waals surface area contributed by atoms with Gasteiger partial charge < -0.3 is 0 Å². The molecular weight excluding hydrogens is 396 g/mol. The molecule has 0 heterocycles. The minimum Gasteiger partial charge on any atom is -0.0651 e. The summed E-state index contributed by atoms with van der Waals surface area (Å²) in [5, 5.41) is 0. The molecule has 3 aromatic rings. The Hall–Kier alpha value is -2.34. The lowest BCUT2D eigenvalue weighted by Crippen LogP contribution is -2.67. The molecule has 0 N–H and O–H groups in total. The van der Waals surface area contributed by atoms with Crippen LogP contribution >= 0.6 is 0 Å². The monoisotopic (exact) mass is 434 g/mol. The Morgan fingerprint density at radius 1 is 0.485 bits per heavy atom. The van der Waals surface area contributed by atoms with E-state index >= 15 is 0 Å². The Kier molecular flexibility index (Phi) is 4.88. The zero-order chi connectivity index (χ0) is 22.6.